The lowest BCUT2D eigenvalue weighted by Crippen LogP contribution is -2.27. The van der Waals surface area contributed by atoms with Crippen LogP contribution in [0.1, 0.15) is 11.7 Å². The van der Waals surface area contributed by atoms with Crippen molar-refractivity contribution in [2.45, 2.75) is 12.2 Å². The maximum absolute atomic E-state index is 10.5. The Bertz CT molecular complexity index is 286. The second-order valence-electron chi connectivity index (χ2n) is 3.16. The predicted molar refractivity (Wildman–Crippen MR) is 50.2 cm³/mol. The Labute approximate surface area is 77.1 Å². The average molecular weight is 176 g/mol. The van der Waals surface area contributed by atoms with Crippen LogP contribution in [0.5, 0.6) is 0 Å². The van der Waals surface area contributed by atoms with Gasteiger partial charge in [0.15, 0.2) is 0 Å². The molecule has 1 aliphatic heterocycles. The van der Waals surface area contributed by atoms with Gasteiger partial charge in [-0.25, -0.2) is 0 Å². The van der Waals surface area contributed by atoms with Gasteiger partial charge >= 0.3 is 0 Å². The molecule has 0 spiro atoms. The van der Waals surface area contributed by atoms with Crippen LogP contribution in [0.25, 0.3) is 0 Å². The smallest absolute Gasteiger partial charge is 0.138 e. The third-order valence-electron chi connectivity index (χ3n) is 2.22. The van der Waals surface area contributed by atoms with Gasteiger partial charge in [0, 0.05) is 6.54 Å². The van der Waals surface area contributed by atoms with Gasteiger partial charge in [-0.05, 0) is 5.56 Å². The van der Waals surface area contributed by atoms with Gasteiger partial charge in [0.25, 0.3) is 0 Å². The van der Waals surface area contributed by atoms with Gasteiger partial charge < -0.3 is 4.79 Å². The first-order valence-corrected chi connectivity index (χ1v) is 4.40. The molecule has 1 saturated heterocycles. The molecule has 2 atom stereocenters. The number of rotatable bonds is 2. The Morgan fingerprint density at radius 2 is 2.08 bits per heavy atom. The fourth-order valence-corrected chi connectivity index (χ4v) is 1.52. The van der Waals surface area contributed by atoms with E-state index in [2.05, 4.69) is 10.6 Å². The van der Waals surface area contributed by atoms with Crippen molar-refractivity contribution >= 4 is 6.29 Å². The highest BCUT2D eigenvalue weighted by molar-refractivity contribution is 5.58. The molecule has 0 aliphatic carbocycles. The van der Waals surface area contributed by atoms with Crippen molar-refractivity contribution in [3.8, 4) is 0 Å². The van der Waals surface area contributed by atoms with Crippen LogP contribution in [0.2, 0.25) is 0 Å². The summed E-state index contributed by atoms with van der Waals surface area (Å²) in [6, 6.07) is 10.00. The molecule has 0 amide bonds. The van der Waals surface area contributed by atoms with Crippen LogP contribution in [0.15, 0.2) is 30.3 Å². The zero-order valence-corrected chi connectivity index (χ0v) is 7.23. The maximum atomic E-state index is 10.5. The monoisotopic (exact) mass is 176 g/mol. The second kappa shape index (κ2) is 3.68. The summed E-state index contributed by atoms with van der Waals surface area (Å²) in [5, 5.41) is 6.41. The standard InChI is InChI=1S/C10H12N2O/c13-7-9-6-11-10(12-9)8-4-2-1-3-5-8/h1-5,7,9-12H,6H2. The minimum Gasteiger partial charge on any atom is -0.302 e. The van der Waals surface area contributed by atoms with E-state index in [4.69, 9.17) is 0 Å². The van der Waals surface area contributed by atoms with Crippen LogP contribution in [0.3, 0.4) is 0 Å². The van der Waals surface area contributed by atoms with Crippen molar-refractivity contribution in [3.63, 3.8) is 0 Å². The molecule has 0 radical (unpaired) electrons. The molecular formula is C10H12N2O. The molecular weight excluding hydrogens is 164 g/mol. The molecule has 0 saturated carbocycles. The average Bonchev–Trinajstić information content (AvgIpc) is 2.67. The van der Waals surface area contributed by atoms with E-state index in [1.165, 1.54) is 5.56 Å². The van der Waals surface area contributed by atoms with E-state index in [-0.39, 0.29) is 12.2 Å². The van der Waals surface area contributed by atoms with Crippen LogP contribution >= 0.6 is 0 Å². The lowest BCUT2D eigenvalue weighted by Gasteiger charge is -2.10. The van der Waals surface area contributed by atoms with E-state index in [1.807, 2.05) is 30.3 Å². The van der Waals surface area contributed by atoms with E-state index in [1.54, 1.807) is 0 Å². The van der Waals surface area contributed by atoms with Gasteiger partial charge in [-0.3, -0.25) is 10.6 Å². The van der Waals surface area contributed by atoms with Gasteiger partial charge in [0.1, 0.15) is 6.29 Å². The summed E-state index contributed by atoms with van der Waals surface area (Å²) < 4.78 is 0. The van der Waals surface area contributed by atoms with Gasteiger partial charge in [-0.15, -0.1) is 0 Å². The topological polar surface area (TPSA) is 41.1 Å². The molecule has 2 N–H and O–H groups in total. The Hall–Kier alpha value is -1.19. The highest BCUT2D eigenvalue weighted by Gasteiger charge is 2.22. The Morgan fingerprint density at radius 1 is 1.31 bits per heavy atom. The highest BCUT2D eigenvalue weighted by Crippen LogP contribution is 2.13. The first kappa shape index (κ1) is 8.41. The third kappa shape index (κ3) is 1.76. The Morgan fingerprint density at radius 3 is 2.69 bits per heavy atom. The molecule has 13 heavy (non-hydrogen) atoms. The van der Waals surface area contributed by atoms with Crippen LogP contribution in [-0.4, -0.2) is 18.9 Å². The van der Waals surface area contributed by atoms with E-state index in [0.29, 0.717) is 6.54 Å². The zero-order valence-electron chi connectivity index (χ0n) is 7.23. The predicted octanol–water partition coefficient (Wildman–Crippen LogP) is 0.445. The van der Waals surface area contributed by atoms with Gasteiger partial charge in [0.05, 0.1) is 12.2 Å². The normalized spacial score (nSPS) is 27.4. The van der Waals surface area contributed by atoms with Crippen molar-refractivity contribution < 1.29 is 4.79 Å². The molecule has 1 aromatic rings. The van der Waals surface area contributed by atoms with Gasteiger partial charge in [0.2, 0.25) is 0 Å². The molecule has 1 aromatic carbocycles. The molecule has 1 aliphatic rings. The number of nitrogens with one attached hydrogen (secondary N) is 2. The number of carbonyl (C=O) groups is 1. The highest BCUT2D eigenvalue weighted by atomic mass is 16.1. The number of benzene rings is 1. The third-order valence-corrected chi connectivity index (χ3v) is 2.22. The fraction of sp³-hybridized carbons (Fsp3) is 0.300. The van der Waals surface area contributed by atoms with Crippen LogP contribution in [0, 0.1) is 0 Å². The molecule has 0 aromatic heterocycles. The first-order chi connectivity index (χ1) is 6.40. The number of aldehydes is 1. The Kier molecular flexibility index (Phi) is 2.38. The lowest BCUT2D eigenvalue weighted by molar-refractivity contribution is -0.109. The molecule has 3 nitrogen and oxygen atoms in total. The van der Waals surface area contributed by atoms with Crippen molar-refractivity contribution in [1.82, 2.24) is 10.6 Å². The minimum atomic E-state index is -0.0507. The van der Waals surface area contributed by atoms with Crippen LogP contribution in [0.4, 0.5) is 0 Å². The van der Waals surface area contributed by atoms with Crippen molar-refractivity contribution in [3.05, 3.63) is 35.9 Å². The summed E-state index contributed by atoms with van der Waals surface area (Å²) in [4.78, 5) is 10.5. The summed E-state index contributed by atoms with van der Waals surface area (Å²) in [6.45, 7) is 0.711. The molecule has 1 heterocycles. The zero-order chi connectivity index (χ0) is 9.10. The minimum absolute atomic E-state index is 0.0507. The van der Waals surface area contributed by atoms with Crippen molar-refractivity contribution in [2.75, 3.05) is 6.54 Å². The largest absolute Gasteiger partial charge is 0.302 e. The van der Waals surface area contributed by atoms with E-state index in [0.717, 1.165) is 6.29 Å². The maximum Gasteiger partial charge on any atom is 0.138 e. The van der Waals surface area contributed by atoms with Crippen LogP contribution in [-0.2, 0) is 4.79 Å². The van der Waals surface area contributed by atoms with Gasteiger partial charge in [-0.2, -0.15) is 0 Å². The summed E-state index contributed by atoms with van der Waals surface area (Å²) in [5.41, 5.74) is 1.17. The van der Waals surface area contributed by atoms with E-state index in [9.17, 15) is 4.79 Å². The first-order valence-electron chi connectivity index (χ1n) is 4.40. The van der Waals surface area contributed by atoms with Crippen molar-refractivity contribution in [1.29, 1.82) is 0 Å². The molecule has 68 valence electrons. The Balaban J connectivity index is 2.08. The summed E-state index contributed by atoms with van der Waals surface area (Å²) in [5.74, 6) is 0. The molecule has 1 fully saturated rings. The summed E-state index contributed by atoms with van der Waals surface area (Å²) in [7, 11) is 0. The lowest BCUT2D eigenvalue weighted by atomic mass is 10.2. The van der Waals surface area contributed by atoms with Crippen molar-refractivity contribution in [2.24, 2.45) is 0 Å². The van der Waals surface area contributed by atoms with Crippen LogP contribution < -0.4 is 10.6 Å². The SMILES string of the molecule is O=CC1CNC(c2ccccc2)N1. The number of hydrogen-bond donors (Lipinski definition) is 2. The van der Waals surface area contributed by atoms with Gasteiger partial charge in [-0.1, -0.05) is 30.3 Å². The quantitative estimate of drug-likeness (QED) is 0.643. The molecule has 3 heteroatoms. The van der Waals surface area contributed by atoms with E-state index < -0.39 is 0 Å². The molecule has 2 unspecified atom stereocenters. The molecule has 0 bridgehead atoms. The summed E-state index contributed by atoms with van der Waals surface area (Å²) in [6.07, 6.45) is 1.06. The van der Waals surface area contributed by atoms with E-state index >= 15 is 0 Å². The fourth-order valence-electron chi connectivity index (χ4n) is 1.52. The second-order valence-corrected chi connectivity index (χ2v) is 3.16. The number of carbonyl (C=O) groups excluding carboxylic acids is 1. The molecule has 2 rings (SSSR count). The summed E-state index contributed by atoms with van der Waals surface area (Å²) >= 11 is 0. The number of hydrogen-bond acceptors (Lipinski definition) is 3.